The van der Waals surface area contributed by atoms with E-state index in [1.54, 1.807) is 24.3 Å². The van der Waals surface area contributed by atoms with Crippen molar-refractivity contribution in [2.24, 2.45) is 11.8 Å². The number of benzene rings is 1. The zero-order chi connectivity index (χ0) is 14.2. The van der Waals surface area contributed by atoms with Gasteiger partial charge < -0.3 is 0 Å². The Morgan fingerprint density at radius 3 is 2.50 bits per heavy atom. The maximum absolute atomic E-state index is 12.6. The quantitative estimate of drug-likeness (QED) is 0.841. The predicted octanol–water partition coefficient (Wildman–Crippen LogP) is 3.12. The minimum absolute atomic E-state index is 0.0541. The number of rotatable bonds is 2. The molecule has 3 rings (SSSR count). The van der Waals surface area contributed by atoms with Crippen LogP contribution in [0, 0.1) is 11.8 Å². The molecule has 2 aliphatic rings. The monoisotopic (exact) mass is 290 g/mol. The molecule has 0 spiro atoms. The summed E-state index contributed by atoms with van der Waals surface area (Å²) in [4.78, 5) is 12.7. The van der Waals surface area contributed by atoms with Gasteiger partial charge in [-0.25, -0.2) is 8.42 Å². The zero-order valence-electron chi connectivity index (χ0n) is 11.3. The molecular weight excluding hydrogens is 272 g/mol. The molecule has 0 heterocycles. The van der Waals surface area contributed by atoms with Crippen LogP contribution in [0.3, 0.4) is 0 Å². The first-order valence-electron chi connectivity index (χ1n) is 7.12. The van der Waals surface area contributed by atoms with Crippen molar-refractivity contribution in [1.82, 2.24) is 0 Å². The van der Waals surface area contributed by atoms with Crippen molar-refractivity contribution in [2.75, 3.05) is 0 Å². The summed E-state index contributed by atoms with van der Waals surface area (Å²) in [7, 11) is -3.38. The molecule has 0 radical (unpaired) electrons. The number of Topliss-reactive ketones (excluding diaryl/α,β-unsaturated/α-hetero) is 1. The minimum atomic E-state index is -3.38. The summed E-state index contributed by atoms with van der Waals surface area (Å²) in [6, 6.07) is 8.55. The smallest absolute Gasteiger partial charge is 0.202 e. The fraction of sp³-hybridized carbons (Fsp3) is 0.438. The first kappa shape index (κ1) is 13.6. The summed E-state index contributed by atoms with van der Waals surface area (Å²) >= 11 is 0. The molecule has 1 aromatic rings. The van der Waals surface area contributed by atoms with Gasteiger partial charge in [-0.2, -0.15) is 0 Å². The fourth-order valence-electron chi connectivity index (χ4n) is 3.31. The van der Waals surface area contributed by atoms with E-state index in [2.05, 4.69) is 0 Å². The highest BCUT2D eigenvalue weighted by molar-refractivity contribution is 7.95. The molecule has 0 saturated heterocycles. The first-order valence-corrected chi connectivity index (χ1v) is 8.61. The molecule has 1 fully saturated rings. The molecule has 0 N–H and O–H groups in total. The van der Waals surface area contributed by atoms with Crippen LogP contribution in [0.15, 0.2) is 46.2 Å². The standard InChI is InChI=1S/C16H18O3S/c17-16-8-4-5-12-11-14(9-10-15(12)16)20(18,19)13-6-2-1-3-7-13/h1-3,6-7,11-12,15H,4-5,8-10H2/t12-,15+/m1/s1. The van der Waals surface area contributed by atoms with E-state index >= 15 is 0 Å². The van der Waals surface area contributed by atoms with Crippen molar-refractivity contribution in [3.05, 3.63) is 41.3 Å². The second kappa shape index (κ2) is 5.17. The molecule has 3 nitrogen and oxygen atoms in total. The van der Waals surface area contributed by atoms with Crippen molar-refractivity contribution < 1.29 is 13.2 Å². The molecule has 4 heteroatoms. The topological polar surface area (TPSA) is 51.2 Å². The summed E-state index contributed by atoms with van der Waals surface area (Å²) in [6.07, 6.45) is 5.51. The number of ketones is 1. The number of carbonyl (C=O) groups is 1. The maximum atomic E-state index is 12.6. The molecule has 0 aliphatic heterocycles. The van der Waals surface area contributed by atoms with Crippen molar-refractivity contribution >= 4 is 15.6 Å². The van der Waals surface area contributed by atoms with Crippen molar-refractivity contribution in [2.45, 2.75) is 37.0 Å². The van der Waals surface area contributed by atoms with E-state index in [0.717, 1.165) is 12.8 Å². The Morgan fingerprint density at radius 1 is 1.00 bits per heavy atom. The van der Waals surface area contributed by atoms with E-state index in [1.165, 1.54) is 0 Å². The van der Waals surface area contributed by atoms with Gasteiger partial charge in [0.15, 0.2) is 0 Å². The molecule has 1 saturated carbocycles. The van der Waals surface area contributed by atoms with Gasteiger partial charge in [-0.15, -0.1) is 0 Å². The Morgan fingerprint density at radius 2 is 1.75 bits per heavy atom. The lowest BCUT2D eigenvalue weighted by atomic mass is 9.73. The van der Waals surface area contributed by atoms with E-state index in [0.29, 0.717) is 34.8 Å². The van der Waals surface area contributed by atoms with Gasteiger partial charge in [-0.1, -0.05) is 24.3 Å². The Bertz CT molecular complexity index is 644. The van der Waals surface area contributed by atoms with Gasteiger partial charge in [0.1, 0.15) is 5.78 Å². The van der Waals surface area contributed by atoms with Crippen LogP contribution in [-0.2, 0) is 14.6 Å². The van der Waals surface area contributed by atoms with E-state index in [9.17, 15) is 13.2 Å². The summed E-state index contributed by atoms with van der Waals surface area (Å²) in [5.41, 5.74) is 0. The highest BCUT2D eigenvalue weighted by Crippen LogP contribution is 2.39. The summed E-state index contributed by atoms with van der Waals surface area (Å²) in [5.74, 6) is 0.491. The Balaban J connectivity index is 1.94. The van der Waals surface area contributed by atoms with Crippen LogP contribution in [0.4, 0.5) is 0 Å². The van der Waals surface area contributed by atoms with E-state index in [1.807, 2.05) is 12.1 Å². The van der Waals surface area contributed by atoms with Gasteiger partial charge in [0, 0.05) is 17.2 Å². The number of allylic oxidation sites excluding steroid dienone is 2. The third kappa shape index (κ3) is 2.33. The van der Waals surface area contributed by atoms with Crippen LogP contribution >= 0.6 is 0 Å². The largest absolute Gasteiger partial charge is 0.299 e. The number of hydrogen-bond donors (Lipinski definition) is 0. The third-order valence-electron chi connectivity index (χ3n) is 4.39. The molecule has 0 amide bonds. The summed E-state index contributed by atoms with van der Waals surface area (Å²) in [5, 5.41) is 0. The average molecular weight is 290 g/mol. The predicted molar refractivity (Wildman–Crippen MR) is 76.8 cm³/mol. The number of sulfone groups is 1. The van der Waals surface area contributed by atoms with E-state index in [-0.39, 0.29) is 11.8 Å². The van der Waals surface area contributed by atoms with Gasteiger partial charge in [0.2, 0.25) is 9.84 Å². The van der Waals surface area contributed by atoms with Gasteiger partial charge in [-0.3, -0.25) is 4.79 Å². The highest BCUT2D eigenvalue weighted by Gasteiger charge is 2.36. The number of carbonyl (C=O) groups excluding carboxylic acids is 1. The van der Waals surface area contributed by atoms with Crippen LogP contribution in [0.1, 0.15) is 32.1 Å². The SMILES string of the molecule is O=C1CCC[C@@H]2C=C(S(=O)(=O)c3ccccc3)CC[C@H]12. The van der Waals surface area contributed by atoms with Crippen LogP contribution in [-0.4, -0.2) is 14.2 Å². The second-order valence-electron chi connectivity index (χ2n) is 5.62. The Hall–Kier alpha value is -1.42. The van der Waals surface area contributed by atoms with Crippen LogP contribution < -0.4 is 0 Å². The Kier molecular flexibility index (Phi) is 3.50. The van der Waals surface area contributed by atoms with Crippen molar-refractivity contribution in [1.29, 1.82) is 0 Å². The summed E-state index contributed by atoms with van der Waals surface area (Å²) < 4.78 is 25.2. The third-order valence-corrected chi connectivity index (χ3v) is 6.31. The zero-order valence-corrected chi connectivity index (χ0v) is 12.1. The maximum Gasteiger partial charge on any atom is 0.202 e. The minimum Gasteiger partial charge on any atom is -0.299 e. The molecule has 2 aliphatic carbocycles. The molecule has 0 unspecified atom stereocenters. The normalized spacial score (nSPS) is 26.8. The molecule has 20 heavy (non-hydrogen) atoms. The van der Waals surface area contributed by atoms with E-state index in [4.69, 9.17) is 0 Å². The molecular formula is C16H18O3S. The molecule has 106 valence electrons. The van der Waals surface area contributed by atoms with Crippen LogP contribution in [0.5, 0.6) is 0 Å². The fourth-order valence-corrected chi connectivity index (χ4v) is 4.87. The molecule has 1 aromatic carbocycles. The lowest BCUT2D eigenvalue weighted by Crippen LogP contribution is -2.30. The van der Waals surface area contributed by atoms with Crippen molar-refractivity contribution in [3.8, 4) is 0 Å². The van der Waals surface area contributed by atoms with Crippen LogP contribution in [0.25, 0.3) is 0 Å². The van der Waals surface area contributed by atoms with Gasteiger partial charge in [0.05, 0.1) is 4.90 Å². The highest BCUT2D eigenvalue weighted by atomic mass is 32.2. The lowest BCUT2D eigenvalue weighted by molar-refractivity contribution is -0.126. The van der Waals surface area contributed by atoms with Gasteiger partial charge in [-0.05, 0) is 43.7 Å². The lowest BCUT2D eigenvalue weighted by Gasteiger charge is -2.32. The summed E-state index contributed by atoms with van der Waals surface area (Å²) in [6.45, 7) is 0. The van der Waals surface area contributed by atoms with Gasteiger partial charge >= 0.3 is 0 Å². The second-order valence-corrected chi connectivity index (χ2v) is 7.62. The van der Waals surface area contributed by atoms with Crippen LogP contribution in [0.2, 0.25) is 0 Å². The molecule has 0 aromatic heterocycles. The van der Waals surface area contributed by atoms with Crippen molar-refractivity contribution in [3.63, 3.8) is 0 Å². The molecule has 2 atom stereocenters. The van der Waals surface area contributed by atoms with E-state index < -0.39 is 9.84 Å². The van der Waals surface area contributed by atoms with Gasteiger partial charge in [0.25, 0.3) is 0 Å². The molecule has 0 bridgehead atoms. The number of hydrogen-bond acceptors (Lipinski definition) is 3. The first-order chi connectivity index (χ1) is 9.59. The number of fused-ring (bicyclic) bond motifs is 1. The Labute approximate surface area is 119 Å². The average Bonchev–Trinajstić information content (AvgIpc) is 2.48.